The Morgan fingerprint density at radius 1 is 0.824 bits per heavy atom. The summed E-state index contributed by atoms with van der Waals surface area (Å²) < 4.78 is 0. The van der Waals surface area contributed by atoms with Gasteiger partial charge in [0.25, 0.3) is 0 Å². The van der Waals surface area contributed by atoms with Crippen LogP contribution in [0.2, 0.25) is 0 Å². The van der Waals surface area contributed by atoms with Crippen LogP contribution in [0, 0.1) is 13.8 Å². The maximum Gasteiger partial charge on any atom is 0.243 e. The van der Waals surface area contributed by atoms with E-state index in [9.17, 15) is 9.59 Å². The third-order valence-corrected chi connectivity index (χ3v) is 6.05. The van der Waals surface area contributed by atoms with Crippen LogP contribution in [0.25, 0.3) is 0 Å². The second kappa shape index (κ2) is 12.2. The molecule has 3 aromatic carbocycles. The Morgan fingerprint density at radius 2 is 1.47 bits per heavy atom. The summed E-state index contributed by atoms with van der Waals surface area (Å²) in [6.07, 6.45) is 1.48. The molecule has 0 saturated heterocycles. The lowest BCUT2D eigenvalue weighted by atomic mass is 10.00. The molecule has 3 rings (SSSR count). The van der Waals surface area contributed by atoms with Crippen molar-refractivity contribution in [3.05, 3.63) is 107 Å². The van der Waals surface area contributed by atoms with Crippen molar-refractivity contribution in [1.29, 1.82) is 0 Å². The number of benzene rings is 3. The summed E-state index contributed by atoms with van der Waals surface area (Å²) >= 11 is 0. The van der Waals surface area contributed by atoms with Crippen LogP contribution in [0.15, 0.2) is 78.9 Å². The fraction of sp³-hybridized carbons (Fsp3) is 0.333. The summed E-state index contributed by atoms with van der Waals surface area (Å²) in [7, 11) is 0. The van der Waals surface area contributed by atoms with E-state index in [1.54, 1.807) is 4.90 Å². The summed E-state index contributed by atoms with van der Waals surface area (Å²) in [6.45, 7) is 8.40. The highest BCUT2D eigenvalue weighted by Gasteiger charge is 2.30. The lowest BCUT2D eigenvalue weighted by Crippen LogP contribution is -2.51. The number of nitrogens with zero attached hydrogens (tertiary/aromatic N) is 1. The molecular weight excluding hydrogens is 420 g/mol. The Hall–Kier alpha value is -3.40. The van der Waals surface area contributed by atoms with Crippen molar-refractivity contribution in [2.24, 2.45) is 0 Å². The van der Waals surface area contributed by atoms with Crippen molar-refractivity contribution in [1.82, 2.24) is 10.2 Å². The van der Waals surface area contributed by atoms with Crippen molar-refractivity contribution in [3.63, 3.8) is 0 Å². The lowest BCUT2D eigenvalue weighted by molar-refractivity contribution is -0.141. The fourth-order valence-corrected chi connectivity index (χ4v) is 4.06. The summed E-state index contributed by atoms with van der Waals surface area (Å²) in [4.78, 5) is 28.8. The van der Waals surface area contributed by atoms with Gasteiger partial charge in [-0.1, -0.05) is 84.4 Å². The first-order valence-electron chi connectivity index (χ1n) is 12.1. The molecule has 0 saturated carbocycles. The molecule has 178 valence electrons. The molecule has 3 aromatic rings. The number of nitrogens with one attached hydrogen (secondary N) is 1. The average molecular weight is 457 g/mol. The van der Waals surface area contributed by atoms with Crippen LogP contribution in [-0.2, 0) is 29.0 Å². The van der Waals surface area contributed by atoms with Gasteiger partial charge in [-0.2, -0.15) is 0 Å². The van der Waals surface area contributed by atoms with E-state index in [2.05, 4.69) is 36.5 Å². The van der Waals surface area contributed by atoms with Crippen LogP contribution >= 0.6 is 0 Å². The number of hydrogen-bond donors (Lipinski definition) is 1. The van der Waals surface area contributed by atoms with Crippen LogP contribution in [0.5, 0.6) is 0 Å². The topological polar surface area (TPSA) is 49.4 Å². The molecule has 0 aromatic heterocycles. The molecule has 0 aliphatic heterocycles. The second-order valence-corrected chi connectivity index (χ2v) is 9.30. The second-order valence-electron chi connectivity index (χ2n) is 9.30. The van der Waals surface area contributed by atoms with Crippen molar-refractivity contribution >= 4 is 11.8 Å². The maximum absolute atomic E-state index is 13.7. The van der Waals surface area contributed by atoms with E-state index in [0.717, 1.165) is 22.3 Å². The molecule has 4 nitrogen and oxygen atoms in total. The highest BCUT2D eigenvalue weighted by Crippen LogP contribution is 2.19. The summed E-state index contributed by atoms with van der Waals surface area (Å²) in [5, 5.41) is 3.05. The summed E-state index contributed by atoms with van der Waals surface area (Å²) in [5.74, 6) is -0.125. The highest BCUT2D eigenvalue weighted by atomic mass is 16.2. The molecule has 0 radical (unpaired) electrons. The smallest absolute Gasteiger partial charge is 0.243 e. The van der Waals surface area contributed by atoms with Crippen LogP contribution in [-0.4, -0.2) is 28.8 Å². The van der Waals surface area contributed by atoms with Crippen molar-refractivity contribution in [2.75, 3.05) is 0 Å². The van der Waals surface area contributed by atoms with Crippen molar-refractivity contribution in [3.8, 4) is 0 Å². The average Bonchev–Trinajstić information content (AvgIpc) is 2.82. The van der Waals surface area contributed by atoms with Gasteiger partial charge in [0.15, 0.2) is 0 Å². The van der Waals surface area contributed by atoms with E-state index in [1.807, 2.05) is 75.4 Å². The van der Waals surface area contributed by atoms with Gasteiger partial charge < -0.3 is 10.2 Å². The van der Waals surface area contributed by atoms with E-state index in [0.29, 0.717) is 25.8 Å². The standard InChI is InChI=1S/C30H36N2O2/c1-22(2)31-30(34)28(20-26-11-6-5-7-12-26)32(21-27-13-9-8-10-24(27)4)29(33)19-18-25-16-14-23(3)15-17-25/h5-17,22,28H,18-21H2,1-4H3,(H,31,34)/t28-/m0/s1. The normalized spacial score (nSPS) is 11.8. The zero-order chi connectivity index (χ0) is 24.5. The molecule has 0 heterocycles. The zero-order valence-corrected chi connectivity index (χ0v) is 20.8. The molecule has 0 spiro atoms. The summed E-state index contributed by atoms with van der Waals surface area (Å²) in [5.41, 5.74) is 5.53. The Bertz CT molecular complexity index is 1070. The molecule has 34 heavy (non-hydrogen) atoms. The largest absolute Gasteiger partial charge is 0.352 e. The first-order valence-corrected chi connectivity index (χ1v) is 12.1. The predicted molar refractivity (Wildman–Crippen MR) is 138 cm³/mol. The molecule has 0 bridgehead atoms. The molecule has 4 heteroatoms. The minimum atomic E-state index is -0.588. The van der Waals surface area contributed by atoms with Gasteiger partial charge in [-0.25, -0.2) is 0 Å². The Morgan fingerprint density at radius 3 is 2.12 bits per heavy atom. The van der Waals surface area contributed by atoms with Crippen molar-refractivity contribution < 1.29 is 9.59 Å². The predicted octanol–water partition coefficient (Wildman–Crippen LogP) is 5.40. The van der Waals surface area contributed by atoms with E-state index in [-0.39, 0.29) is 17.9 Å². The Kier molecular flexibility index (Phi) is 9.03. The van der Waals surface area contributed by atoms with Gasteiger partial charge in [0.1, 0.15) is 6.04 Å². The van der Waals surface area contributed by atoms with Crippen LogP contribution in [0.3, 0.4) is 0 Å². The maximum atomic E-state index is 13.7. The third kappa shape index (κ3) is 7.31. The van der Waals surface area contributed by atoms with Gasteiger partial charge in [0, 0.05) is 25.4 Å². The number of amides is 2. The molecule has 0 unspecified atom stereocenters. The van der Waals surface area contributed by atoms with E-state index >= 15 is 0 Å². The Labute approximate surface area is 204 Å². The minimum Gasteiger partial charge on any atom is -0.352 e. The van der Waals surface area contributed by atoms with Crippen molar-refractivity contribution in [2.45, 2.75) is 65.6 Å². The molecule has 0 aliphatic rings. The first kappa shape index (κ1) is 25.2. The van der Waals surface area contributed by atoms with Gasteiger partial charge in [0.05, 0.1) is 0 Å². The quantitative estimate of drug-likeness (QED) is 0.444. The van der Waals surface area contributed by atoms with Gasteiger partial charge in [0.2, 0.25) is 11.8 Å². The monoisotopic (exact) mass is 456 g/mol. The lowest BCUT2D eigenvalue weighted by Gasteiger charge is -2.32. The number of carbonyl (C=O) groups is 2. The molecule has 0 aliphatic carbocycles. The first-order chi connectivity index (χ1) is 16.3. The van der Waals surface area contributed by atoms with Crippen LogP contribution in [0.1, 0.15) is 48.1 Å². The minimum absolute atomic E-state index is 0.00579. The summed E-state index contributed by atoms with van der Waals surface area (Å²) in [6, 6.07) is 25.7. The molecule has 2 amide bonds. The number of carbonyl (C=O) groups excluding carboxylic acids is 2. The zero-order valence-electron chi connectivity index (χ0n) is 20.8. The van der Waals surface area contributed by atoms with E-state index < -0.39 is 6.04 Å². The van der Waals surface area contributed by atoms with Gasteiger partial charge in [-0.15, -0.1) is 0 Å². The molecular formula is C30H36N2O2. The molecule has 0 fully saturated rings. The third-order valence-electron chi connectivity index (χ3n) is 6.05. The van der Waals surface area contributed by atoms with Gasteiger partial charge in [-0.05, 0) is 56.4 Å². The molecule has 1 N–H and O–H groups in total. The highest BCUT2D eigenvalue weighted by molar-refractivity contribution is 5.88. The van der Waals surface area contributed by atoms with E-state index in [1.165, 1.54) is 5.56 Å². The number of hydrogen-bond acceptors (Lipinski definition) is 2. The van der Waals surface area contributed by atoms with Crippen LogP contribution in [0.4, 0.5) is 0 Å². The van der Waals surface area contributed by atoms with Crippen LogP contribution < -0.4 is 5.32 Å². The van der Waals surface area contributed by atoms with Gasteiger partial charge in [-0.3, -0.25) is 9.59 Å². The fourth-order valence-electron chi connectivity index (χ4n) is 4.06. The number of rotatable bonds is 10. The SMILES string of the molecule is Cc1ccc(CCC(=O)N(Cc2ccccc2C)[C@@H](Cc2ccccc2)C(=O)NC(C)C)cc1. The Balaban J connectivity index is 1.91. The van der Waals surface area contributed by atoms with E-state index in [4.69, 9.17) is 0 Å². The number of aryl methyl sites for hydroxylation is 3. The molecule has 1 atom stereocenters. The van der Waals surface area contributed by atoms with Gasteiger partial charge >= 0.3 is 0 Å².